The molecule has 1 aliphatic heterocycles. The Morgan fingerprint density at radius 3 is 2.85 bits per heavy atom. The largest absolute Gasteiger partial charge is 0.381 e. The molecular formula is C14H26N4O2. The Balaban J connectivity index is 2.02. The van der Waals surface area contributed by atoms with E-state index < -0.39 is 0 Å². The van der Waals surface area contributed by atoms with E-state index in [0.29, 0.717) is 6.61 Å². The van der Waals surface area contributed by atoms with Gasteiger partial charge in [-0.15, -0.1) is 0 Å². The fraction of sp³-hybridized carbons (Fsp3) is 0.786. The van der Waals surface area contributed by atoms with Crippen molar-refractivity contribution in [2.45, 2.75) is 44.2 Å². The van der Waals surface area contributed by atoms with Crippen molar-refractivity contribution in [3.63, 3.8) is 0 Å². The van der Waals surface area contributed by atoms with Gasteiger partial charge in [-0.25, -0.2) is 0 Å². The molecule has 1 aromatic rings. The minimum Gasteiger partial charge on any atom is -0.381 e. The zero-order valence-corrected chi connectivity index (χ0v) is 12.5. The lowest BCUT2D eigenvalue weighted by Gasteiger charge is -2.42. The first-order valence-electron chi connectivity index (χ1n) is 7.36. The van der Waals surface area contributed by atoms with E-state index in [-0.39, 0.29) is 11.6 Å². The average Bonchev–Trinajstić information content (AvgIpc) is 2.86. The summed E-state index contributed by atoms with van der Waals surface area (Å²) in [5.41, 5.74) is 3.97. The predicted molar refractivity (Wildman–Crippen MR) is 77.1 cm³/mol. The monoisotopic (exact) mass is 282 g/mol. The molecule has 6 nitrogen and oxygen atoms in total. The number of hydrogen-bond donors (Lipinski definition) is 2. The summed E-state index contributed by atoms with van der Waals surface area (Å²) in [4.78, 5) is 0. The second-order valence-corrected chi connectivity index (χ2v) is 5.31. The van der Waals surface area contributed by atoms with Crippen LogP contribution in [0.1, 0.15) is 31.9 Å². The van der Waals surface area contributed by atoms with Crippen LogP contribution in [-0.4, -0.2) is 41.2 Å². The van der Waals surface area contributed by atoms with Crippen LogP contribution in [-0.2, 0) is 22.9 Å². The van der Waals surface area contributed by atoms with Crippen molar-refractivity contribution in [2.24, 2.45) is 12.9 Å². The van der Waals surface area contributed by atoms with E-state index in [4.69, 9.17) is 15.3 Å². The SMILES string of the molecule is CCOC1(C(CCc2ccnn2C)NN)CCOCC1. The molecule has 0 aliphatic carbocycles. The molecule has 1 fully saturated rings. The smallest absolute Gasteiger partial charge is 0.0891 e. The van der Waals surface area contributed by atoms with Gasteiger partial charge in [-0.1, -0.05) is 0 Å². The number of hydrazine groups is 1. The van der Waals surface area contributed by atoms with Crippen LogP contribution in [0, 0.1) is 0 Å². The van der Waals surface area contributed by atoms with E-state index in [1.165, 1.54) is 5.69 Å². The van der Waals surface area contributed by atoms with E-state index in [1.54, 1.807) is 0 Å². The summed E-state index contributed by atoms with van der Waals surface area (Å²) >= 11 is 0. The van der Waals surface area contributed by atoms with Gasteiger partial charge in [0.05, 0.1) is 11.6 Å². The average molecular weight is 282 g/mol. The molecule has 1 aliphatic rings. The minimum atomic E-state index is -0.208. The van der Waals surface area contributed by atoms with Gasteiger partial charge < -0.3 is 9.47 Å². The predicted octanol–water partition coefficient (Wildman–Crippen LogP) is 0.770. The number of aryl methyl sites for hydroxylation is 2. The summed E-state index contributed by atoms with van der Waals surface area (Å²) in [6, 6.07) is 2.17. The van der Waals surface area contributed by atoms with Gasteiger partial charge >= 0.3 is 0 Å². The Labute approximate surface area is 120 Å². The van der Waals surface area contributed by atoms with Gasteiger partial charge in [0, 0.05) is 51.6 Å². The fourth-order valence-corrected chi connectivity index (χ4v) is 3.03. The van der Waals surface area contributed by atoms with Crippen LogP contribution < -0.4 is 11.3 Å². The second kappa shape index (κ2) is 7.17. The normalized spacial score (nSPS) is 19.9. The standard InChI is InChI=1S/C14H26N4O2/c1-3-20-14(7-10-19-11-8-14)13(17-15)5-4-12-6-9-16-18(12)2/h6,9,13,17H,3-5,7-8,10-11,15H2,1-2H3. The fourth-order valence-electron chi connectivity index (χ4n) is 3.03. The van der Waals surface area contributed by atoms with Gasteiger partial charge in [0.1, 0.15) is 0 Å². The van der Waals surface area contributed by atoms with Crippen molar-refractivity contribution in [3.05, 3.63) is 18.0 Å². The first kappa shape index (κ1) is 15.4. The highest BCUT2D eigenvalue weighted by atomic mass is 16.5. The summed E-state index contributed by atoms with van der Waals surface area (Å²) in [7, 11) is 1.97. The number of ether oxygens (including phenoxy) is 2. The van der Waals surface area contributed by atoms with E-state index in [0.717, 1.165) is 38.9 Å². The molecule has 114 valence electrons. The Hall–Kier alpha value is -0.950. The first-order chi connectivity index (χ1) is 9.72. The van der Waals surface area contributed by atoms with Crippen LogP contribution in [0.15, 0.2) is 12.3 Å². The number of nitrogens with zero attached hydrogens (tertiary/aromatic N) is 2. The molecule has 1 aromatic heterocycles. The molecule has 0 radical (unpaired) electrons. The van der Waals surface area contributed by atoms with Gasteiger partial charge in [-0.3, -0.25) is 16.0 Å². The van der Waals surface area contributed by atoms with Gasteiger partial charge in [0.25, 0.3) is 0 Å². The first-order valence-corrected chi connectivity index (χ1v) is 7.36. The lowest BCUT2D eigenvalue weighted by atomic mass is 9.83. The third kappa shape index (κ3) is 3.38. The second-order valence-electron chi connectivity index (χ2n) is 5.31. The summed E-state index contributed by atoms with van der Waals surface area (Å²) in [6.45, 7) is 4.21. The third-order valence-electron chi connectivity index (χ3n) is 4.22. The number of nitrogens with two attached hydrogens (primary N) is 1. The third-order valence-corrected chi connectivity index (χ3v) is 4.22. The van der Waals surface area contributed by atoms with E-state index in [9.17, 15) is 0 Å². The zero-order valence-electron chi connectivity index (χ0n) is 12.5. The van der Waals surface area contributed by atoms with Crippen LogP contribution >= 0.6 is 0 Å². The van der Waals surface area contributed by atoms with Crippen LogP contribution in [0.25, 0.3) is 0 Å². The van der Waals surface area contributed by atoms with E-state index >= 15 is 0 Å². The maximum absolute atomic E-state index is 6.08. The zero-order chi connectivity index (χ0) is 14.4. The molecular weight excluding hydrogens is 256 g/mol. The molecule has 0 amide bonds. The lowest BCUT2D eigenvalue weighted by Crippen LogP contribution is -2.57. The Morgan fingerprint density at radius 2 is 2.30 bits per heavy atom. The summed E-state index contributed by atoms with van der Waals surface area (Å²) < 4.78 is 13.5. The molecule has 0 bridgehead atoms. The van der Waals surface area contributed by atoms with Gasteiger partial charge in [0.2, 0.25) is 0 Å². The molecule has 0 saturated carbocycles. The van der Waals surface area contributed by atoms with Crippen LogP contribution in [0.5, 0.6) is 0 Å². The molecule has 6 heteroatoms. The lowest BCUT2D eigenvalue weighted by molar-refractivity contribution is -0.128. The number of hydrogen-bond acceptors (Lipinski definition) is 5. The molecule has 1 atom stereocenters. The minimum absolute atomic E-state index is 0.126. The van der Waals surface area contributed by atoms with E-state index in [2.05, 4.69) is 10.5 Å². The Bertz CT molecular complexity index is 396. The van der Waals surface area contributed by atoms with Gasteiger partial charge in [-0.05, 0) is 25.8 Å². The maximum Gasteiger partial charge on any atom is 0.0891 e. The van der Waals surface area contributed by atoms with Crippen molar-refractivity contribution in [1.82, 2.24) is 15.2 Å². The highest BCUT2D eigenvalue weighted by Gasteiger charge is 2.40. The quantitative estimate of drug-likeness (QED) is 0.571. The molecule has 20 heavy (non-hydrogen) atoms. The number of nitrogens with one attached hydrogen (secondary N) is 1. The topological polar surface area (TPSA) is 74.3 Å². The molecule has 0 spiro atoms. The number of rotatable bonds is 7. The van der Waals surface area contributed by atoms with Crippen molar-refractivity contribution >= 4 is 0 Å². The molecule has 1 saturated heterocycles. The molecule has 2 heterocycles. The summed E-state index contributed by atoms with van der Waals surface area (Å²) in [5, 5.41) is 4.20. The summed E-state index contributed by atoms with van der Waals surface area (Å²) in [6.07, 6.45) is 5.46. The molecule has 0 aromatic carbocycles. The highest BCUT2D eigenvalue weighted by molar-refractivity contribution is 5.03. The van der Waals surface area contributed by atoms with Crippen molar-refractivity contribution < 1.29 is 9.47 Å². The van der Waals surface area contributed by atoms with Gasteiger partial charge in [-0.2, -0.15) is 5.10 Å². The Morgan fingerprint density at radius 1 is 1.55 bits per heavy atom. The molecule has 1 unspecified atom stereocenters. The molecule has 3 N–H and O–H groups in total. The molecule has 2 rings (SSSR count). The maximum atomic E-state index is 6.08. The van der Waals surface area contributed by atoms with Gasteiger partial charge in [0.15, 0.2) is 0 Å². The van der Waals surface area contributed by atoms with Crippen molar-refractivity contribution in [3.8, 4) is 0 Å². The van der Waals surface area contributed by atoms with Crippen LogP contribution in [0.3, 0.4) is 0 Å². The van der Waals surface area contributed by atoms with Crippen molar-refractivity contribution in [1.29, 1.82) is 0 Å². The van der Waals surface area contributed by atoms with Crippen LogP contribution in [0.4, 0.5) is 0 Å². The van der Waals surface area contributed by atoms with Crippen molar-refractivity contribution in [2.75, 3.05) is 19.8 Å². The van der Waals surface area contributed by atoms with E-state index in [1.807, 2.05) is 30.9 Å². The Kier molecular flexibility index (Phi) is 5.54. The highest BCUT2D eigenvalue weighted by Crippen LogP contribution is 2.31. The van der Waals surface area contributed by atoms with Crippen LogP contribution in [0.2, 0.25) is 0 Å². The summed E-state index contributed by atoms with van der Waals surface area (Å²) in [5.74, 6) is 5.80. The number of aromatic nitrogens is 2.